The summed E-state index contributed by atoms with van der Waals surface area (Å²) in [4.78, 5) is 11.1. The largest absolute Gasteiger partial charge is 0.376 e. The van der Waals surface area contributed by atoms with Crippen LogP contribution in [0.2, 0.25) is 0 Å². The molecule has 0 aliphatic rings. The molecule has 3 nitrogen and oxygen atoms in total. The maximum Gasteiger partial charge on any atom is 0.243 e. The zero-order valence-corrected chi connectivity index (χ0v) is 7.86. The maximum absolute atomic E-state index is 11.1. The van der Waals surface area contributed by atoms with Crippen molar-refractivity contribution in [2.75, 3.05) is 11.9 Å². The van der Waals surface area contributed by atoms with Gasteiger partial charge in [0.1, 0.15) is 0 Å². The third kappa shape index (κ3) is 3.76. The van der Waals surface area contributed by atoms with Crippen LogP contribution in [0.1, 0.15) is 0 Å². The number of carbonyl (C=O) groups is 1. The molecule has 0 aromatic heterocycles. The molecule has 14 heavy (non-hydrogen) atoms. The molecule has 0 aliphatic heterocycles. The van der Waals surface area contributed by atoms with Crippen molar-refractivity contribution in [3.8, 4) is 0 Å². The van der Waals surface area contributed by atoms with Crippen molar-refractivity contribution in [1.82, 2.24) is 5.32 Å². The highest BCUT2D eigenvalue weighted by Crippen LogP contribution is 2.03. The van der Waals surface area contributed by atoms with Gasteiger partial charge in [0.05, 0.1) is 6.54 Å². The monoisotopic (exact) mass is 189 g/mol. The molecule has 0 saturated carbocycles. The summed E-state index contributed by atoms with van der Waals surface area (Å²) >= 11 is 0. The molecule has 73 valence electrons. The molecule has 1 aromatic carbocycles. The minimum atomic E-state index is -0.0891. The predicted molar refractivity (Wildman–Crippen MR) is 57.6 cm³/mol. The summed E-state index contributed by atoms with van der Waals surface area (Å²) < 4.78 is 0. The number of amides is 1. The molecule has 0 unspecified atom stereocenters. The molecular weight excluding hydrogens is 176 g/mol. The summed E-state index contributed by atoms with van der Waals surface area (Å²) in [5, 5.41) is 5.55. The number of hydrogen-bond acceptors (Lipinski definition) is 2. The number of rotatable bonds is 4. The van der Waals surface area contributed by atoms with Gasteiger partial charge in [-0.2, -0.15) is 0 Å². The van der Waals surface area contributed by atoms with Crippen molar-refractivity contribution in [3.63, 3.8) is 0 Å². The normalized spacial score (nSPS) is 10.1. The van der Waals surface area contributed by atoms with Crippen LogP contribution in [0.15, 0.2) is 42.6 Å². The summed E-state index contributed by atoms with van der Waals surface area (Å²) in [6.45, 7) is 3.72. The van der Waals surface area contributed by atoms with Crippen LogP contribution in [0.5, 0.6) is 0 Å². The van der Waals surface area contributed by atoms with Crippen molar-refractivity contribution in [2.24, 2.45) is 0 Å². The Morgan fingerprint density at radius 2 is 2.07 bits per heavy atom. The zero-order valence-electron chi connectivity index (χ0n) is 7.86. The fraction of sp³-hybridized carbons (Fsp3) is 0.0909. The quantitative estimate of drug-likeness (QED) is 0.754. The summed E-state index contributed by atoms with van der Waals surface area (Å²) in [5.41, 5.74) is 0.932. The molecular formula is C11H13N2O. The molecule has 0 bridgehead atoms. The number of nitrogens with one attached hydrogen (secondary N) is 2. The molecule has 0 saturated heterocycles. The standard InChI is InChI=1S/C11H13N2O/c1-2-8-12-11(14)9-13-10-6-4-3-5-7-10/h2-8,13H,1,9H2,(H,12,14). The Hall–Kier alpha value is -1.77. The first-order chi connectivity index (χ1) is 6.83. The van der Waals surface area contributed by atoms with Crippen molar-refractivity contribution in [1.29, 1.82) is 0 Å². The van der Waals surface area contributed by atoms with Gasteiger partial charge < -0.3 is 10.6 Å². The first kappa shape index (κ1) is 10.3. The van der Waals surface area contributed by atoms with E-state index < -0.39 is 0 Å². The summed E-state index contributed by atoms with van der Waals surface area (Å²) in [7, 11) is 0. The molecule has 0 atom stereocenters. The van der Waals surface area contributed by atoms with Gasteiger partial charge in [-0.3, -0.25) is 4.79 Å². The lowest BCUT2D eigenvalue weighted by atomic mass is 10.3. The number of hydrogen-bond donors (Lipinski definition) is 2. The van der Waals surface area contributed by atoms with Crippen LogP contribution in [0.3, 0.4) is 0 Å². The highest BCUT2D eigenvalue weighted by atomic mass is 16.1. The molecule has 1 radical (unpaired) electrons. The Bertz CT molecular complexity index is 306. The van der Waals surface area contributed by atoms with Crippen LogP contribution in [0.4, 0.5) is 5.69 Å². The summed E-state index contributed by atoms with van der Waals surface area (Å²) in [5.74, 6) is -0.0891. The Labute approximate surface area is 83.8 Å². The molecule has 1 aromatic rings. The second-order valence-electron chi connectivity index (χ2n) is 2.69. The first-order valence-electron chi connectivity index (χ1n) is 4.35. The van der Waals surface area contributed by atoms with E-state index in [1.54, 1.807) is 0 Å². The van der Waals surface area contributed by atoms with Gasteiger partial charge in [0.2, 0.25) is 5.91 Å². The molecule has 1 rings (SSSR count). The van der Waals surface area contributed by atoms with E-state index in [2.05, 4.69) is 17.6 Å². The molecule has 2 N–H and O–H groups in total. The Kier molecular flexibility index (Phi) is 4.27. The minimum Gasteiger partial charge on any atom is -0.376 e. The van der Waals surface area contributed by atoms with Crippen molar-refractivity contribution in [3.05, 3.63) is 49.5 Å². The summed E-state index contributed by atoms with van der Waals surface area (Å²) in [6, 6.07) is 9.57. The van der Waals surface area contributed by atoms with E-state index in [-0.39, 0.29) is 12.5 Å². The third-order valence-electron chi connectivity index (χ3n) is 1.59. The topological polar surface area (TPSA) is 41.1 Å². The van der Waals surface area contributed by atoms with Crippen molar-refractivity contribution in [2.45, 2.75) is 0 Å². The van der Waals surface area contributed by atoms with Gasteiger partial charge in [-0.1, -0.05) is 24.3 Å². The summed E-state index contributed by atoms with van der Waals surface area (Å²) in [6.07, 6.45) is 3.04. The van der Waals surface area contributed by atoms with Gasteiger partial charge in [0.25, 0.3) is 0 Å². The third-order valence-corrected chi connectivity index (χ3v) is 1.59. The van der Waals surface area contributed by atoms with Gasteiger partial charge in [0.15, 0.2) is 0 Å². The van der Waals surface area contributed by atoms with Crippen LogP contribution in [0.25, 0.3) is 0 Å². The lowest BCUT2D eigenvalue weighted by molar-refractivity contribution is -0.118. The highest BCUT2D eigenvalue weighted by Gasteiger charge is 1.96. The Balaban J connectivity index is 2.31. The van der Waals surface area contributed by atoms with Crippen LogP contribution in [0, 0.1) is 6.92 Å². The number of para-hydroxylation sites is 1. The van der Waals surface area contributed by atoms with E-state index >= 15 is 0 Å². The van der Waals surface area contributed by atoms with E-state index in [1.807, 2.05) is 30.3 Å². The van der Waals surface area contributed by atoms with Crippen LogP contribution >= 0.6 is 0 Å². The second kappa shape index (κ2) is 5.80. The number of benzene rings is 1. The molecule has 0 aliphatic carbocycles. The SMILES string of the molecule is [CH2]C=CNC(=O)CNc1ccccc1. The van der Waals surface area contributed by atoms with Gasteiger partial charge in [0, 0.05) is 5.69 Å². The number of anilines is 1. The van der Waals surface area contributed by atoms with Crippen molar-refractivity contribution < 1.29 is 4.79 Å². The average molecular weight is 189 g/mol. The molecule has 0 fully saturated rings. The van der Waals surface area contributed by atoms with E-state index in [4.69, 9.17) is 0 Å². The van der Waals surface area contributed by atoms with Gasteiger partial charge >= 0.3 is 0 Å². The Morgan fingerprint density at radius 3 is 2.71 bits per heavy atom. The van der Waals surface area contributed by atoms with Crippen LogP contribution in [-0.2, 0) is 4.79 Å². The Morgan fingerprint density at radius 1 is 1.36 bits per heavy atom. The number of allylic oxidation sites excluding steroid dienone is 1. The lowest BCUT2D eigenvalue weighted by Gasteiger charge is -2.04. The molecule has 0 heterocycles. The fourth-order valence-electron chi connectivity index (χ4n) is 0.941. The van der Waals surface area contributed by atoms with Gasteiger partial charge in [-0.25, -0.2) is 0 Å². The highest BCUT2D eigenvalue weighted by molar-refractivity contribution is 5.81. The molecule has 0 spiro atoms. The van der Waals surface area contributed by atoms with Crippen molar-refractivity contribution >= 4 is 11.6 Å². The lowest BCUT2D eigenvalue weighted by Crippen LogP contribution is -2.25. The first-order valence-corrected chi connectivity index (χ1v) is 4.35. The average Bonchev–Trinajstić information content (AvgIpc) is 2.25. The predicted octanol–water partition coefficient (Wildman–Crippen LogP) is 1.56. The smallest absolute Gasteiger partial charge is 0.243 e. The van der Waals surface area contributed by atoms with E-state index in [1.165, 1.54) is 12.3 Å². The van der Waals surface area contributed by atoms with E-state index in [0.717, 1.165) is 5.69 Å². The maximum atomic E-state index is 11.1. The van der Waals surface area contributed by atoms with Crippen LogP contribution in [-0.4, -0.2) is 12.5 Å². The minimum absolute atomic E-state index is 0.0891. The van der Waals surface area contributed by atoms with Crippen LogP contribution < -0.4 is 10.6 Å². The van der Waals surface area contributed by atoms with Gasteiger partial charge in [-0.15, -0.1) is 0 Å². The fourth-order valence-corrected chi connectivity index (χ4v) is 0.941. The van der Waals surface area contributed by atoms with Gasteiger partial charge in [-0.05, 0) is 25.3 Å². The second-order valence-corrected chi connectivity index (χ2v) is 2.69. The molecule has 1 amide bonds. The number of carbonyl (C=O) groups excluding carboxylic acids is 1. The van der Waals surface area contributed by atoms with E-state index in [9.17, 15) is 4.79 Å². The van der Waals surface area contributed by atoms with E-state index in [0.29, 0.717) is 0 Å². The zero-order chi connectivity index (χ0) is 10.2. The molecule has 3 heteroatoms.